The molecule has 0 radical (unpaired) electrons. The van der Waals surface area contributed by atoms with Gasteiger partial charge in [0.05, 0.1) is 25.3 Å². The van der Waals surface area contributed by atoms with E-state index < -0.39 is 0 Å². The first-order valence-electron chi connectivity index (χ1n) is 11.5. The molecule has 0 saturated carbocycles. The molecule has 168 valence electrons. The Hall–Kier alpha value is -3.67. The number of anilines is 1. The summed E-state index contributed by atoms with van der Waals surface area (Å²) in [5.74, 6) is 1.68. The number of carbonyl (C=O) groups is 1. The molecule has 2 aliphatic rings. The highest BCUT2D eigenvalue weighted by molar-refractivity contribution is 5.70. The molecule has 1 N–H and O–H groups in total. The van der Waals surface area contributed by atoms with E-state index in [1.54, 1.807) is 4.90 Å². The standard InChI is InChI=1S/C27H28N4O2/c1-3-19-15-20-11-7-8-12-21(20)24(19)26-29-23-17-31(27(32)33-2)14-13-22(23)25(30-26)28-16-18-9-5-4-6-10-18/h4-12,15,24H,3,13-14,16-17H2,1-2H3,(H,28,29,30). The lowest BCUT2D eigenvalue weighted by molar-refractivity contribution is 0.118. The molecule has 2 heterocycles. The van der Waals surface area contributed by atoms with E-state index in [0.29, 0.717) is 26.1 Å². The number of rotatable bonds is 5. The van der Waals surface area contributed by atoms with E-state index in [0.717, 1.165) is 29.3 Å². The third-order valence-electron chi connectivity index (χ3n) is 6.50. The topological polar surface area (TPSA) is 67.4 Å². The van der Waals surface area contributed by atoms with E-state index in [9.17, 15) is 4.79 Å². The number of fused-ring (bicyclic) bond motifs is 2. The zero-order valence-electron chi connectivity index (χ0n) is 19.0. The molecule has 6 nitrogen and oxygen atoms in total. The van der Waals surface area contributed by atoms with Gasteiger partial charge in [-0.15, -0.1) is 0 Å². The fraction of sp³-hybridized carbons (Fsp3) is 0.296. The minimum Gasteiger partial charge on any atom is -0.453 e. The Balaban J connectivity index is 1.56. The summed E-state index contributed by atoms with van der Waals surface area (Å²) in [5.41, 5.74) is 6.96. The number of amides is 1. The van der Waals surface area contributed by atoms with Crippen molar-refractivity contribution < 1.29 is 9.53 Å². The van der Waals surface area contributed by atoms with Gasteiger partial charge in [0.1, 0.15) is 11.6 Å². The van der Waals surface area contributed by atoms with Gasteiger partial charge in [0.25, 0.3) is 0 Å². The molecule has 1 unspecified atom stereocenters. The Morgan fingerprint density at radius 1 is 1.12 bits per heavy atom. The molecule has 5 rings (SSSR count). The Bertz CT molecular complexity index is 1210. The maximum absolute atomic E-state index is 12.2. The van der Waals surface area contributed by atoms with Gasteiger partial charge in [-0.3, -0.25) is 0 Å². The van der Waals surface area contributed by atoms with Gasteiger partial charge >= 0.3 is 6.09 Å². The van der Waals surface area contributed by atoms with E-state index in [1.165, 1.54) is 29.4 Å². The second kappa shape index (κ2) is 9.06. The van der Waals surface area contributed by atoms with Crippen LogP contribution < -0.4 is 5.32 Å². The lowest BCUT2D eigenvalue weighted by Gasteiger charge is -2.29. The van der Waals surface area contributed by atoms with E-state index in [-0.39, 0.29) is 12.0 Å². The van der Waals surface area contributed by atoms with Crippen LogP contribution in [0.15, 0.2) is 60.2 Å². The average Bonchev–Trinajstić information content (AvgIpc) is 3.25. The third-order valence-corrected chi connectivity index (χ3v) is 6.50. The second-order valence-electron chi connectivity index (χ2n) is 8.47. The van der Waals surface area contributed by atoms with Crippen LogP contribution in [0, 0.1) is 0 Å². The summed E-state index contributed by atoms with van der Waals surface area (Å²) in [6, 6.07) is 18.8. The van der Waals surface area contributed by atoms with Gasteiger partial charge in [0.2, 0.25) is 0 Å². The molecule has 0 fully saturated rings. The predicted octanol–water partition coefficient (Wildman–Crippen LogP) is 5.15. The molecule has 2 aromatic carbocycles. The van der Waals surface area contributed by atoms with Crippen molar-refractivity contribution in [3.8, 4) is 0 Å². The van der Waals surface area contributed by atoms with Gasteiger partial charge in [0, 0.05) is 18.7 Å². The SMILES string of the molecule is CCC1=Cc2ccccc2C1c1nc2c(c(NCc3ccccc3)n1)CCN(C(=O)OC)C2. The Morgan fingerprint density at radius 2 is 1.91 bits per heavy atom. The largest absolute Gasteiger partial charge is 0.453 e. The molecule has 0 saturated heterocycles. The first-order chi connectivity index (χ1) is 16.2. The molecule has 1 aliphatic carbocycles. The zero-order chi connectivity index (χ0) is 22.8. The average molecular weight is 441 g/mol. The summed E-state index contributed by atoms with van der Waals surface area (Å²) in [6.45, 7) is 3.88. The van der Waals surface area contributed by atoms with Gasteiger partial charge in [-0.2, -0.15) is 0 Å². The molecular formula is C27H28N4O2. The van der Waals surface area contributed by atoms with Crippen molar-refractivity contribution in [3.63, 3.8) is 0 Å². The number of allylic oxidation sites excluding steroid dienone is 1. The van der Waals surface area contributed by atoms with Crippen LogP contribution in [-0.4, -0.2) is 34.6 Å². The van der Waals surface area contributed by atoms with Crippen molar-refractivity contribution in [2.45, 2.75) is 38.8 Å². The van der Waals surface area contributed by atoms with Crippen LogP contribution in [0.25, 0.3) is 6.08 Å². The molecular weight excluding hydrogens is 412 g/mol. The molecule has 0 spiro atoms. The van der Waals surface area contributed by atoms with Crippen LogP contribution in [0.2, 0.25) is 0 Å². The molecule has 6 heteroatoms. The molecule has 1 atom stereocenters. The Kier molecular flexibility index (Phi) is 5.82. The van der Waals surface area contributed by atoms with Crippen molar-refractivity contribution >= 4 is 18.0 Å². The fourth-order valence-corrected chi connectivity index (χ4v) is 4.79. The molecule has 1 aromatic heterocycles. The maximum Gasteiger partial charge on any atom is 0.409 e. The summed E-state index contributed by atoms with van der Waals surface area (Å²) >= 11 is 0. The third kappa shape index (κ3) is 4.09. The van der Waals surface area contributed by atoms with Crippen LogP contribution in [0.5, 0.6) is 0 Å². The number of hydrogen-bond acceptors (Lipinski definition) is 5. The first kappa shape index (κ1) is 21.2. The van der Waals surface area contributed by atoms with Crippen molar-refractivity contribution in [3.05, 3.63) is 93.9 Å². The second-order valence-corrected chi connectivity index (χ2v) is 8.47. The molecule has 33 heavy (non-hydrogen) atoms. The lowest BCUT2D eigenvalue weighted by atomic mass is 9.93. The Morgan fingerprint density at radius 3 is 2.70 bits per heavy atom. The van der Waals surface area contributed by atoms with Crippen molar-refractivity contribution in [2.75, 3.05) is 19.0 Å². The molecule has 0 bridgehead atoms. The van der Waals surface area contributed by atoms with E-state index in [1.807, 2.05) is 18.2 Å². The zero-order valence-corrected chi connectivity index (χ0v) is 19.0. The van der Waals surface area contributed by atoms with Gasteiger partial charge in [-0.1, -0.05) is 73.2 Å². The van der Waals surface area contributed by atoms with Crippen LogP contribution in [0.4, 0.5) is 10.6 Å². The number of nitrogens with one attached hydrogen (secondary N) is 1. The van der Waals surface area contributed by atoms with Crippen molar-refractivity contribution in [2.24, 2.45) is 0 Å². The highest BCUT2D eigenvalue weighted by Crippen LogP contribution is 2.42. The molecule has 3 aromatic rings. The monoisotopic (exact) mass is 440 g/mol. The fourth-order valence-electron chi connectivity index (χ4n) is 4.79. The number of benzene rings is 2. The van der Waals surface area contributed by atoms with Crippen LogP contribution >= 0.6 is 0 Å². The first-order valence-corrected chi connectivity index (χ1v) is 11.5. The van der Waals surface area contributed by atoms with Crippen LogP contribution in [0.3, 0.4) is 0 Å². The van der Waals surface area contributed by atoms with E-state index in [2.05, 4.69) is 54.7 Å². The normalized spacial score (nSPS) is 16.6. The van der Waals surface area contributed by atoms with Crippen molar-refractivity contribution in [1.29, 1.82) is 0 Å². The van der Waals surface area contributed by atoms with E-state index in [4.69, 9.17) is 14.7 Å². The summed E-state index contributed by atoms with van der Waals surface area (Å²) in [7, 11) is 1.42. The predicted molar refractivity (Wildman–Crippen MR) is 129 cm³/mol. The molecule has 1 amide bonds. The minimum absolute atomic E-state index is 0.0299. The number of hydrogen-bond donors (Lipinski definition) is 1. The number of aromatic nitrogens is 2. The summed E-state index contributed by atoms with van der Waals surface area (Å²) in [5, 5.41) is 3.56. The number of nitrogens with zero attached hydrogens (tertiary/aromatic N) is 3. The quantitative estimate of drug-likeness (QED) is 0.594. The highest BCUT2D eigenvalue weighted by Gasteiger charge is 2.31. The summed E-state index contributed by atoms with van der Waals surface area (Å²) in [6.07, 6.45) is 3.57. The Labute approximate surface area is 194 Å². The van der Waals surface area contributed by atoms with Crippen molar-refractivity contribution in [1.82, 2.24) is 14.9 Å². The van der Waals surface area contributed by atoms with Crippen LogP contribution in [0.1, 0.15) is 53.0 Å². The maximum atomic E-state index is 12.2. The minimum atomic E-state index is -0.319. The van der Waals surface area contributed by atoms with Gasteiger partial charge < -0.3 is 15.0 Å². The lowest BCUT2D eigenvalue weighted by Crippen LogP contribution is -2.37. The number of ether oxygens (including phenoxy) is 1. The van der Waals surface area contributed by atoms with Gasteiger partial charge in [-0.25, -0.2) is 14.8 Å². The smallest absolute Gasteiger partial charge is 0.409 e. The van der Waals surface area contributed by atoms with Gasteiger partial charge in [0.15, 0.2) is 0 Å². The van der Waals surface area contributed by atoms with E-state index >= 15 is 0 Å². The highest BCUT2D eigenvalue weighted by atomic mass is 16.5. The number of carbonyl (C=O) groups excluding carboxylic acids is 1. The van der Waals surface area contributed by atoms with Gasteiger partial charge in [-0.05, 0) is 29.5 Å². The summed E-state index contributed by atoms with van der Waals surface area (Å²) in [4.78, 5) is 24.0. The molecule has 1 aliphatic heterocycles. The number of methoxy groups -OCH3 is 1. The summed E-state index contributed by atoms with van der Waals surface area (Å²) < 4.78 is 4.97. The van der Waals surface area contributed by atoms with Crippen LogP contribution in [-0.2, 0) is 24.2 Å².